The Balaban J connectivity index is 1.89. The SMILES string of the molecule is CC(C)CN(CCC(=O)c1ccccc1)C1CCCC1. The number of hydrogen-bond donors (Lipinski definition) is 0. The summed E-state index contributed by atoms with van der Waals surface area (Å²) in [7, 11) is 0. The van der Waals surface area contributed by atoms with Crippen LogP contribution in [0, 0.1) is 5.92 Å². The van der Waals surface area contributed by atoms with Crippen LogP contribution in [0.15, 0.2) is 30.3 Å². The van der Waals surface area contributed by atoms with E-state index < -0.39 is 0 Å². The van der Waals surface area contributed by atoms with Crippen LogP contribution < -0.4 is 0 Å². The highest BCUT2D eigenvalue weighted by molar-refractivity contribution is 5.96. The third-order valence-corrected chi connectivity index (χ3v) is 4.16. The minimum atomic E-state index is 0.275. The molecule has 2 rings (SSSR count). The third-order valence-electron chi connectivity index (χ3n) is 4.16. The van der Waals surface area contributed by atoms with E-state index in [1.54, 1.807) is 0 Å². The van der Waals surface area contributed by atoms with Crippen molar-refractivity contribution >= 4 is 5.78 Å². The highest BCUT2D eigenvalue weighted by Crippen LogP contribution is 2.24. The molecule has 0 bridgehead atoms. The molecule has 1 aromatic carbocycles. The van der Waals surface area contributed by atoms with Crippen LogP contribution in [-0.4, -0.2) is 29.8 Å². The zero-order chi connectivity index (χ0) is 14.4. The number of ketones is 1. The number of nitrogens with zero attached hydrogens (tertiary/aromatic N) is 1. The first-order valence-corrected chi connectivity index (χ1v) is 7.99. The first-order valence-electron chi connectivity index (χ1n) is 7.99. The number of rotatable bonds is 7. The van der Waals surface area contributed by atoms with Crippen molar-refractivity contribution < 1.29 is 4.79 Å². The smallest absolute Gasteiger partial charge is 0.164 e. The molecule has 0 unspecified atom stereocenters. The van der Waals surface area contributed by atoms with E-state index in [2.05, 4.69) is 18.7 Å². The second kappa shape index (κ2) is 7.58. The van der Waals surface area contributed by atoms with Gasteiger partial charge in [0.25, 0.3) is 0 Å². The molecule has 0 radical (unpaired) electrons. The summed E-state index contributed by atoms with van der Waals surface area (Å²) >= 11 is 0. The summed E-state index contributed by atoms with van der Waals surface area (Å²) < 4.78 is 0. The monoisotopic (exact) mass is 273 g/mol. The van der Waals surface area contributed by atoms with Gasteiger partial charge in [-0.25, -0.2) is 0 Å². The fourth-order valence-corrected chi connectivity index (χ4v) is 3.17. The molecule has 20 heavy (non-hydrogen) atoms. The molecule has 0 amide bonds. The Bertz CT molecular complexity index is 407. The lowest BCUT2D eigenvalue weighted by atomic mass is 10.1. The second-order valence-electron chi connectivity index (χ2n) is 6.37. The molecule has 2 nitrogen and oxygen atoms in total. The first kappa shape index (κ1) is 15.2. The molecule has 0 atom stereocenters. The van der Waals surface area contributed by atoms with Crippen LogP contribution in [0.1, 0.15) is 56.3 Å². The normalized spacial score (nSPS) is 16.2. The van der Waals surface area contributed by atoms with E-state index in [0.717, 1.165) is 18.7 Å². The second-order valence-corrected chi connectivity index (χ2v) is 6.37. The van der Waals surface area contributed by atoms with Crippen LogP contribution in [-0.2, 0) is 0 Å². The molecule has 1 aliphatic carbocycles. The Morgan fingerprint density at radius 3 is 2.45 bits per heavy atom. The average Bonchev–Trinajstić information content (AvgIpc) is 2.97. The fourth-order valence-electron chi connectivity index (χ4n) is 3.17. The minimum Gasteiger partial charge on any atom is -0.300 e. The van der Waals surface area contributed by atoms with Crippen LogP contribution in [0.3, 0.4) is 0 Å². The van der Waals surface area contributed by atoms with Crippen LogP contribution in [0.25, 0.3) is 0 Å². The van der Waals surface area contributed by atoms with E-state index in [1.165, 1.54) is 25.7 Å². The molecule has 0 saturated heterocycles. The van der Waals surface area contributed by atoms with Gasteiger partial charge in [-0.2, -0.15) is 0 Å². The average molecular weight is 273 g/mol. The molecule has 0 heterocycles. The topological polar surface area (TPSA) is 20.3 Å². The van der Waals surface area contributed by atoms with Crippen LogP contribution >= 0.6 is 0 Å². The van der Waals surface area contributed by atoms with Gasteiger partial charge in [0.15, 0.2) is 5.78 Å². The van der Waals surface area contributed by atoms with E-state index >= 15 is 0 Å². The Morgan fingerprint density at radius 1 is 1.20 bits per heavy atom. The van der Waals surface area contributed by atoms with Gasteiger partial charge < -0.3 is 0 Å². The number of carbonyl (C=O) groups is 1. The van der Waals surface area contributed by atoms with Gasteiger partial charge >= 0.3 is 0 Å². The predicted octanol–water partition coefficient (Wildman–Crippen LogP) is 4.16. The van der Waals surface area contributed by atoms with Gasteiger partial charge in [0.2, 0.25) is 0 Å². The third kappa shape index (κ3) is 4.45. The molecular weight excluding hydrogens is 246 g/mol. The van der Waals surface area contributed by atoms with E-state index in [4.69, 9.17) is 0 Å². The van der Waals surface area contributed by atoms with Gasteiger partial charge in [0.05, 0.1) is 0 Å². The zero-order valence-corrected chi connectivity index (χ0v) is 12.8. The number of benzene rings is 1. The molecule has 0 aliphatic heterocycles. The largest absolute Gasteiger partial charge is 0.300 e. The van der Waals surface area contributed by atoms with Gasteiger partial charge in [-0.05, 0) is 18.8 Å². The lowest BCUT2D eigenvalue weighted by Gasteiger charge is -2.30. The van der Waals surface area contributed by atoms with Crippen molar-refractivity contribution in [2.24, 2.45) is 5.92 Å². The van der Waals surface area contributed by atoms with Crippen molar-refractivity contribution in [1.29, 1.82) is 0 Å². The fraction of sp³-hybridized carbons (Fsp3) is 0.611. The number of carbonyl (C=O) groups excluding carboxylic acids is 1. The van der Waals surface area contributed by atoms with Crippen molar-refractivity contribution in [3.8, 4) is 0 Å². The minimum absolute atomic E-state index is 0.275. The Hall–Kier alpha value is -1.15. The quantitative estimate of drug-likeness (QED) is 0.695. The van der Waals surface area contributed by atoms with Gasteiger partial charge in [0.1, 0.15) is 0 Å². The van der Waals surface area contributed by atoms with Crippen molar-refractivity contribution in [2.45, 2.75) is 52.0 Å². The molecule has 0 spiro atoms. The van der Waals surface area contributed by atoms with Gasteiger partial charge in [-0.1, -0.05) is 57.0 Å². The summed E-state index contributed by atoms with van der Waals surface area (Å²) in [4.78, 5) is 14.8. The maximum atomic E-state index is 12.2. The molecule has 1 aromatic rings. The molecular formula is C18H27NO. The maximum Gasteiger partial charge on any atom is 0.164 e. The van der Waals surface area contributed by atoms with E-state index in [1.807, 2.05) is 30.3 Å². The van der Waals surface area contributed by atoms with Crippen LogP contribution in [0.5, 0.6) is 0 Å². The summed E-state index contributed by atoms with van der Waals surface area (Å²) in [5, 5.41) is 0. The van der Waals surface area contributed by atoms with Crippen molar-refractivity contribution in [3.05, 3.63) is 35.9 Å². The lowest BCUT2D eigenvalue weighted by Crippen LogP contribution is -2.37. The standard InChI is InChI=1S/C18H27NO/c1-15(2)14-19(17-10-6-7-11-17)13-12-18(20)16-8-4-3-5-9-16/h3-5,8-9,15,17H,6-7,10-14H2,1-2H3. The van der Waals surface area contributed by atoms with Gasteiger partial charge in [-0.3, -0.25) is 9.69 Å². The molecule has 1 aliphatic rings. The number of hydrogen-bond acceptors (Lipinski definition) is 2. The molecule has 0 aromatic heterocycles. The highest BCUT2D eigenvalue weighted by Gasteiger charge is 2.23. The Morgan fingerprint density at radius 2 is 1.85 bits per heavy atom. The maximum absolute atomic E-state index is 12.2. The van der Waals surface area contributed by atoms with Crippen molar-refractivity contribution in [3.63, 3.8) is 0 Å². The molecule has 0 N–H and O–H groups in total. The Kier molecular flexibility index (Phi) is 5.78. The van der Waals surface area contributed by atoms with E-state index in [0.29, 0.717) is 18.4 Å². The lowest BCUT2D eigenvalue weighted by molar-refractivity contribution is 0.0942. The molecule has 1 saturated carbocycles. The Labute approximate surface area is 123 Å². The summed E-state index contributed by atoms with van der Waals surface area (Å²) in [5.74, 6) is 0.944. The van der Waals surface area contributed by atoms with E-state index in [-0.39, 0.29) is 5.78 Å². The number of Topliss-reactive ketones (excluding diaryl/α,β-unsaturated/α-hetero) is 1. The zero-order valence-electron chi connectivity index (χ0n) is 12.8. The van der Waals surface area contributed by atoms with Crippen molar-refractivity contribution in [1.82, 2.24) is 4.90 Å². The van der Waals surface area contributed by atoms with Crippen LogP contribution in [0.4, 0.5) is 0 Å². The summed E-state index contributed by atoms with van der Waals surface area (Å²) in [6.07, 6.45) is 5.98. The predicted molar refractivity (Wildman–Crippen MR) is 84.1 cm³/mol. The van der Waals surface area contributed by atoms with Gasteiger partial charge in [-0.15, -0.1) is 0 Å². The summed E-state index contributed by atoms with van der Waals surface area (Å²) in [5.41, 5.74) is 0.850. The van der Waals surface area contributed by atoms with Crippen LogP contribution in [0.2, 0.25) is 0 Å². The summed E-state index contributed by atoms with van der Waals surface area (Å²) in [6, 6.07) is 10.4. The molecule has 110 valence electrons. The molecule has 1 fully saturated rings. The van der Waals surface area contributed by atoms with Gasteiger partial charge in [0, 0.05) is 31.1 Å². The van der Waals surface area contributed by atoms with E-state index in [9.17, 15) is 4.79 Å². The molecule has 2 heteroatoms. The van der Waals surface area contributed by atoms with Crippen molar-refractivity contribution in [2.75, 3.05) is 13.1 Å². The highest BCUT2D eigenvalue weighted by atomic mass is 16.1. The first-order chi connectivity index (χ1) is 9.66. The summed E-state index contributed by atoms with van der Waals surface area (Å²) in [6.45, 7) is 6.56.